The Morgan fingerprint density at radius 3 is 2.75 bits per heavy atom. The third-order valence-electron chi connectivity index (χ3n) is 5.60. The number of hydrogen-bond donors (Lipinski definition) is 1. The lowest BCUT2D eigenvalue weighted by Crippen LogP contribution is -2.62. The molecule has 5 atom stereocenters. The van der Waals surface area contributed by atoms with Gasteiger partial charge >= 0.3 is 0 Å². The van der Waals surface area contributed by atoms with Gasteiger partial charge in [0, 0.05) is 27.2 Å². The number of fused-ring (bicyclic) bond motifs is 1. The number of aliphatic hydroxyl groups excluding tert-OH is 1. The summed E-state index contributed by atoms with van der Waals surface area (Å²) >= 11 is 7.29. The van der Waals surface area contributed by atoms with Crippen molar-refractivity contribution in [2.24, 2.45) is 0 Å². The van der Waals surface area contributed by atoms with E-state index < -0.39 is 35.3 Å². The second kappa shape index (κ2) is 8.57. The molecule has 3 aromatic rings. The summed E-state index contributed by atoms with van der Waals surface area (Å²) < 4.78 is 40.1. The molecule has 166 valence electrons. The molecule has 0 aliphatic carbocycles. The summed E-state index contributed by atoms with van der Waals surface area (Å²) in [6.45, 7) is 0.373. The molecule has 2 aliphatic heterocycles. The van der Waals surface area contributed by atoms with Crippen LogP contribution in [0.25, 0.3) is 11.1 Å². The molecule has 1 N–H and O–H groups in total. The van der Waals surface area contributed by atoms with E-state index >= 15 is 0 Å². The van der Waals surface area contributed by atoms with Crippen LogP contribution in [0.2, 0.25) is 5.02 Å². The van der Waals surface area contributed by atoms with Crippen molar-refractivity contribution >= 4 is 29.6 Å². The maximum Gasteiger partial charge on any atom is 0.159 e. The molecule has 0 radical (unpaired) electrons. The first kappa shape index (κ1) is 21.5. The molecular weight excluding hydrogens is 462 g/mol. The number of ether oxygens (including phenoxy) is 2. The zero-order valence-electron chi connectivity index (χ0n) is 16.4. The van der Waals surface area contributed by atoms with Crippen LogP contribution in [-0.2, 0) is 9.47 Å². The Labute approximate surface area is 191 Å². The standard InChI is InChI=1S/C22H17ClF2N2O4S/c23-14-3-1-12(9-28)18(6-14)32-22-20(29)19(21-17(31-22)10-30-21)27-8-13(7-26-27)11-2-4-15(24)16(25)5-11/h1-9,17,19-22,29H,10H2. The topological polar surface area (TPSA) is 73.6 Å². The Hall–Kier alpha value is -2.30. The number of carbonyl (C=O) groups is 1. The molecule has 6 nitrogen and oxygen atoms in total. The molecule has 2 saturated heterocycles. The molecule has 0 saturated carbocycles. The van der Waals surface area contributed by atoms with Crippen LogP contribution in [0.4, 0.5) is 8.78 Å². The first-order valence-electron chi connectivity index (χ1n) is 9.80. The van der Waals surface area contributed by atoms with Gasteiger partial charge in [0.15, 0.2) is 17.9 Å². The van der Waals surface area contributed by atoms with Crippen molar-refractivity contribution in [3.05, 3.63) is 71.0 Å². The zero-order valence-corrected chi connectivity index (χ0v) is 18.0. The minimum Gasteiger partial charge on any atom is -0.387 e. The van der Waals surface area contributed by atoms with E-state index in [-0.39, 0.29) is 6.10 Å². The van der Waals surface area contributed by atoms with Gasteiger partial charge in [0.05, 0.1) is 12.8 Å². The van der Waals surface area contributed by atoms with Gasteiger partial charge < -0.3 is 14.6 Å². The van der Waals surface area contributed by atoms with Crippen LogP contribution in [0, 0.1) is 11.6 Å². The third-order valence-corrected chi connectivity index (χ3v) is 7.06. The highest BCUT2D eigenvalue weighted by molar-refractivity contribution is 8.00. The molecular formula is C22H17ClF2N2O4S. The molecule has 2 aliphatic rings. The van der Waals surface area contributed by atoms with Gasteiger partial charge in [-0.25, -0.2) is 8.78 Å². The van der Waals surface area contributed by atoms with Crippen LogP contribution in [0.1, 0.15) is 16.4 Å². The zero-order chi connectivity index (χ0) is 22.4. The van der Waals surface area contributed by atoms with Crippen LogP contribution in [0.5, 0.6) is 0 Å². The predicted octanol–water partition coefficient (Wildman–Crippen LogP) is 4.11. The van der Waals surface area contributed by atoms with Gasteiger partial charge in [-0.1, -0.05) is 29.4 Å². The first-order valence-corrected chi connectivity index (χ1v) is 11.1. The van der Waals surface area contributed by atoms with Gasteiger partial charge in [-0.15, -0.1) is 0 Å². The van der Waals surface area contributed by atoms with E-state index in [9.17, 15) is 18.7 Å². The van der Waals surface area contributed by atoms with Gasteiger partial charge in [-0.05, 0) is 35.9 Å². The summed E-state index contributed by atoms with van der Waals surface area (Å²) in [5.41, 5.74) is 0.778. The largest absolute Gasteiger partial charge is 0.387 e. The SMILES string of the molecule is O=Cc1ccc(Cl)cc1SC1OC2COC2C(n2cc(-c3ccc(F)c(F)c3)cn2)C1O. The number of halogens is 3. The van der Waals surface area contributed by atoms with Crippen LogP contribution >= 0.6 is 23.4 Å². The Kier molecular flexibility index (Phi) is 5.77. The van der Waals surface area contributed by atoms with Gasteiger partial charge in [0.2, 0.25) is 0 Å². The Balaban J connectivity index is 1.43. The lowest BCUT2D eigenvalue weighted by Gasteiger charge is -2.50. The van der Waals surface area contributed by atoms with Crippen molar-refractivity contribution in [1.82, 2.24) is 9.78 Å². The van der Waals surface area contributed by atoms with Crippen LogP contribution in [0.15, 0.2) is 53.7 Å². The van der Waals surface area contributed by atoms with Crippen molar-refractivity contribution in [3.63, 3.8) is 0 Å². The third kappa shape index (κ3) is 3.84. The quantitative estimate of drug-likeness (QED) is 0.556. The maximum atomic E-state index is 13.6. The summed E-state index contributed by atoms with van der Waals surface area (Å²) in [4.78, 5) is 12.0. The number of carbonyl (C=O) groups excluding carboxylic acids is 1. The van der Waals surface area contributed by atoms with E-state index in [1.807, 2.05) is 0 Å². The number of rotatable bonds is 5. The molecule has 10 heteroatoms. The fourth-order valence-electron chi connectivity index (χ4n) is 3.89. The summed E-state index contributed by atoms with van der Waals surface area (Å²) in [5.74, 6) is -1.88. The van der Waals surface area contributed by atoms with Crippen molar-refractivity contribution in [1.29, 1.82) is 0 Å². The number of hydrogen-bond acceptors (Lipinski definition) is 6. The minimum atomic E-state index is -1.03. The van der Waals surface area contributed by atoms with Gasteiger partial charge in [0.1, 0.15) is 29.8 Å². The molecule has 5 unspecified atom stereocenters. The molecule has 0 spiro atoms. The maximum absolute atomic E-state index is 13.6. The van der Waals surface area contributed by atoms with Crippen LogP contribution in [0.3, 0.4) is 0 Å². The fourth-order valence-corrected chi connectivity index (χ4v) is 5.33. The van der Waals surface area contributed by atoms with Gasteiger partial charge in [-0.3, -0.25) is 9.48 Å². The fraction of sp³-hybridized carbons (Fsp3) is 0.273. The average molecular weight is 479 g/mol. The van der Waals surface area contributed by atoms with Crippen LogP contribution in [-0.4, -0.2) is 51.5 Å². The number of aliphatic hydroxyl groups is 1. The highest BCUT2D eigenvalue weighted by Crippen LogP contribution is 2.43. The molecule has 0 amide bonds. The summed E-state index contributed by atoms with van der Waals surface area (Å²) in [6, 6.07) is 7.92. The van der Waals surface area contributed by atoms with E-state index in [2.05, 4.69) is 5.10 Å². The molecule has 2 fully saturated rings. The van der Waals surface area contributed by atoms with Gasteiger partial charge in [-0.2, -0.15) is 5.10 Å². The smallest absolute Gasteiger partial charge is 0.159 e. The number of benzene rings is 2. The summed E-state index contributed by atoms with van der Waals surface area (Å²) in [6.07, 6.45) is 2.20. The monoisotopic (exact) mass is 478 g/mol. The first-order chi connectivity index (χ1) is 15.4. The average Bonchev–Trinajstić information content (AvgIpc) is 3.24. The van der Waals surface area contributed by atoms with Crippen molar-refractivity contribution in [2.45, 2.75) is 34.7 Å². The molecule has 5 rings (SSSR count). The van der Waals surface area contributed by atoms with Crippen molar-refractivity contribution < 1.29 is 28.2 Å². The second-order valence-corrected chi connectivity index (χ2v) is 9.15. The number of aromatic nitrogens is 2. The summed E-state index contributed by atoms with van der Waals surface area (Å²) in [7, 11) is 0. The molecule has 1 aromatic heterocycles. The Morgan fingerprint density at radius 2 is 2.03 bits per heavy atom. The van der Waals surface area contributed by atoms with Crippen LogP contribution < -0.4 is 0 Å². The predicted molar refractivity (Wildman–Crippen MR) is 114 cm³/mol. The Bertz CT molecular complexity index is 1180. The van der Waals surface area contributed by atoms with Gasteiger partial charge in [0.25, 0.3) is 0 Å². The van der Waals surface area contributed by atoms with E-state index in [1.165, 1.54) is 24.0 Å². The molecule has 0 bridgehead atoms. The second-order valence-electron chi connectivity index (χ2n) is 7.58. The van der Waals surface area contributed by atoms with Crippen molar-refractivity contribution in [2.75, 3.05) is 6.61 Å². The number of aldehydes is 1. The van der Waals surface area contributed by atoms with E-state index in [4.69, 9.17) is 21.1 Å². The van der Waals surface area contributed by atoms with E-state index in [0.29, 0.717) is 33.2 Å². The molecule has 3 heterocycles. The normalized spacial score (nSPS) is 26.9. The number of nitrogens with zero attached hydrogens (tertiary/aromatic N) is 2. The Morgan fingerprint density at radius 1 is 1.19 bits per heavy atom. The highest BCUT2D eigenvalue weighted by atomic mass is 35.5. The lowest BCUT2D eigenvalue weighted by molar-refractivity contribution is -0.266. The van der Waals surface area contributed by atoms with E-state index in [0.717, 1.165) is 18.4 Å². The minimum absolute atomic E-state index is 0.254. The van der Waals surface area contributed by atoms with E-state index in [1.54, 1.807) is 29.1 Å². The van der Waals surface area contributed by atoms with Crippen molar-refractivity contribution in [3.8, 4) is 11.1 Å². The molecule has 32 heavy (non-hydrogen) atoms. The summed E-state index contributed by atoms with van der Waals surface area (Å²) in [5, 5.41) is 16.0. The highest BCUT2D eigenvalue weighted by Gasteiger charge is 2.52. The number of thioether (sulfide) groups is 1. The lowest BCUT2D eigenvalue weighted by atomic mass is 9.93. The molecule has 2 aromatic carbocycles.